The molecule has 0 bridgehead atoms. The van der Waals surface area contributed by atoms with Gasteiger partial charge in [0.2, 0.25) is 0 Å². The van der Waals surface area contributed by atoms with Crippen LogP contribution in [0.3, 0.4) is 0 Å². The Kier molecular flexibility index (Phi) is 4.40. The smallest absolute Gasteiger partial charge is 0.450 e. The van der Waals surface area contributed by atoms with Crippen LogP contribution < -0.4 is 0 Å². The molecule has 0 heterocycles. The number of hydrogen-bond donors (Lipinski definition) is 4. The minimum Gasteiger partial charge on any atom is -0.450 e. The highest BCUT2D eigenvalue weighted by Crippen LogP contribution is 2.33. The van der Waals surface area contributed by atoms with Gasteiger partial charge >= 0.3 is 24.6 Å². The quantitative estimate of drug-likeness (QED) is 0.409. The highest BCUT2D eigenvalue weighted by Gasteiger charge is 2.61. The van der Waals surface area contributed by atoms with Crippen LogP contribution >= 0.6 is 0 Å². The molecule has 12 heteroatoms. The number of rotatable bonds is 4. The van der Waals surface area contributed by atoms with Crippen molar-refractivity contribution in [2.24, 2.45) is 0 Å². The molecule has 1 saturated carbocycles. The van der Waals surface area contributed by atoms with E-state index in [9.17, 15) is 19.2 Å². The Morgan fingerprint density at radius 1 is 0.500 bits per heavy atom. The van der Waals surface area contributed by atoms with E-state index < -0.39 is 49.0 Å². The minimum absolute atomic E-state index is 1.68. The first-order chi connectivity index (χ1) is 9.22. The lowest BCUT2D eigenvalue weighted by molar-refractivity contribution is -0.234. The first-order valence-electron chi connectivity index (χ1n) is 4.80. The zero-order valence-corrected chi connectivity index (χ0v) is 9.36. The number of carbonyl (C=O) groups is 4. The van der Waals surface area contributed by atoms with Crippen LogP contribution in [0.5, 0.6) is 0 Å². The minimum atomic E-state index is -1.86. The summed E-state index contributed by atoms with van der Waals surface area (Å²) in [7, 11) is 0. The normalized spacial score (nSPS) is 27.6. The molecule has 1 aliphatic carbocycles. The topological polar surface area (TPSA) is 186 Å². The molecule has 1 fully saturated rings. The molecule has 1 rings (SSSR count). The number of carboxylic acid groups (broad SMARTS) is 4. The van der Waals surface area contributed by atoms with Crippen molar-refractivity contribution >= 4 is 24.6 Å². The maximum atomic E-state index is 10.4. The first kappa shape index (κ1) is 15.1. The van der Waals surface area contributed by atoms with Gasteiger partial charge < -0.3 is 39.4 Å². The van der Waals surface area contributed by atoms with Gasteiger partial charge in [0.25, 0.3) is 0 Å². The van der Waals surface area contributed by atoms with Crippen LogP contribution in [-0.4, -0.2) is 69.5 Å². The van der Waals surface area contributed by atoms with Crippen LogP contribution in [0.1, 0.15) is 0 Å². The van der Waals surface area contributed by atoms with E-state index in [0.717, 1.165) is 0 Å². The largest absolute Gasteiger partial charge is 0.506 e. The molecule has 0 atom stereocenters. The maximum Gasteiger partial charge on any atom is 0.506 e. The molecule has 0 amide bonds. The Labute approximate surface area is 109 Å². The van der Waals surface area contributed by atoms with Crippen LogP contribution in [0.25, 0.3) is 0 Å². The summed E-state index contributed by atoms with van der Waals surface area (Å²) in [5.74, 6) is 0. The summed E-state index contributed by atoms with van der Waals surface area (Å²) in [6.45, 7) is 0. The third-order valence-electron chi connectivity index (χ3n) is 2.24. The average Bonchev–Trinajstić information content (AvgIpc) is 2.28. The summed E-state index contributed by atoms with van der Waals surface area (Å²) in [6.07, 6.45) is -14.1. The molecule has 0 spiro atoms. The van der Waals surface area contributed by atoms with Crippen molar-refractivity contribution in [2.75, 3.05) is 0 Å². The van der Waals surface area contributed by atoms with Crippen molar-refractivity contribution in [3.8, 4) is 0 Å². The van der Waals surface area contributed by atoms with E-state index in [1.54, 1.807) is 0 Å². The van der Waals surface area contributed by atoms with Gasteiger partial charge in [0.15, 0.2) is 24.4 Å². The van der Waals surface area contributed by atoms with Gasteiger partial charge in [0.05, 0.1) is 0 Å². The van der Waals surface area contributed by atoms with E-state index in [1.807, 2.05) is 0 Å². The fourth-order valence-electron chi connectivity index (χ4n) is 1.60. The van der Waals surface area contributed by atoms with Crippen molar-refractivity contribution in [1.82, 2.24) is 0 Å². The third kappa shape index (κ3) is 3.54. The highest BCUT2D eigenvalue weighted by molar-refractivity contribution is 5.62. The second-order valence-corrected chi connectivity index (χ2v) is 3.39. The van der Waals surface area contributed by atoms with Crippen molar-refractivity contribution in [3.63, 3.8) is 0 Å². The summed E-state index contributed by atoms with van der Waals surface area (Å²) in [5, 5.41) is 33.7. The Morgan fingerprint density at radius 2 is 0.650 bits per heavy atom. The lowest BCUT2D eigenvalue weighted by Gasteiger charge is -2.45. The highest BCUT2D eigenvalue weighted by atomic mass is 16.8. The van der Waals surface area contributed by atoms with E-state index >= 15 is 0 Å². The molecule has 0 aromatic rings. The summed E-state index contributed by atoms with van der Waals surface area (Å²) in [4.78, 5) is 41.6. The third-order valence-corrected chi connectivity index (χ3v) is 2.24. The number of hydrogen-bond acceptors (Lipinski definition) is 8. The van der Waals surface area contributed by atoms with Gasteiger partial charge in [-0.25, -0.2) is 19.2 Å². The zero-order chi connectivity index (χ0) is 15.4. The molecule has 0 unspecified atom stereocenters. The van der Waals surface area contributed by atoms with Crippen molar-refractivity contribution in [3.05, 3.63) is 0 Å². The molecule has 20 heavy (non-hydrogen) atoms. The maximum absolute atomic E-state index is 10.4. The van der Waals surface area contributed by atoms with E-state index in [-0.39, 0.29) is 0 Å². The summed E-state index contributed by atoms with van der Waals surface area (Å²) < 4.78 is 16.8. The van der Waals surface area contributed by atoms with E-state index in [2.05, 4.69) is 18.9 Å². The van der Waals surface area contributed by atoms with Crippen molar-refractivity contribution in [1.29, 1.82) is 0 Å². The Morgan fingerprint density at radius 3 is 0.750 bits per heavy atom. The lowest BCUT2D eigenvalue weighted by Crippen LogP contribution is -2.69. The van der Waals surface area contributed by atoms with Gasteiger partial charge in [0.1, 0.15) is 0 Å². The van der Waals surface area contributed by atoms with Crippen LogP contribution in [-0.2, 0) is 18.9 Å². The SMILES string of the molecule is O=C(O)OC1C(OC(=O)O)C(OC(=O)O)C1OC(=O)O. The zero-order valence-electron chi connectivity index (χ0n) is 9.36. The Balaban J connectivity index is 2.89. The van der Waals surface area contributed by atoms with Crippen LogP contribution in [0.2, 0.25) is 0 Å². The van der Waals surface area contributed by atoms with E-state index in [4.69, 9.17) is 20.4 Å². The molecule has 0 aliphatic heterocycles. The predicted octanol–water partition coefficient (Wildman–Crippen LogP) is 0.253. The molecule has 0 radical (unpaired) electrons. The van der Waals surface area contributed by atoms with Gasteiger partial charge in [-0.2, -0.15) is 0 Å². The van der Waals surface area contributed by atoms with Gasteiger partial charge in [-0.3, -0.25) is 0 Å². The van der Waals surface area contributed by atoms with Gasteiger partial charge in [-0.05, 0) is 0 Å². The van der Waals surface area contributed by atoms with Crippen LogP contribution in [0.4, 0.5) is 19.2 Å². The molecule has 0 saturated heterocycles. The molecular formula is C8H8O12. The van der Waals surface area contributed by atoms with Crippen LogP contribution in [0, 0.1) is 0 Å². The summed E-state index contributed by atoms with van der Waals surface area (Å²) >= 11 is 0. The van der Waals surface area contributed by atoms with Crippen LogP contribution in [0.15, 0.2) is 0 Å². The summed E-state index contributed by atoms with van der Waals surface area (Å²) in [6, 6.07) is 0. The molecule has 12 nitrogen and oxygen atoms in total. The van der Waals surface area contributed by atoms with Gasteiger partial charge in [-0.1, -0.05) is 0 Å². The second kappa shape index (κ2) is 5.81. The molecule has 1 aliphatic rings. The standard InChI is InChI=1S/C8H8O12/c9-5(10)17-1-2(18-6(11)12)4(20-8(15)16)3(1)19-7(13)14/h1-4H,(H,9,10)(H,11,12)(H,13,14)(H,15,16). The fourth-order valence-corrected chi connectivity index (χ4v) is 1.60. The predicted molar refractivity (Wildman–Crippen MR) is 51.6 cm³/mol. The lowest BCUT2D eigenvalue weighted by atomic mass is 9.84. The Hall–Kier alpha value is -2.92. The Bertz CT molecular complexity index is 341. The average molecular weight is 296 g/mol. The van der Waals surface area contributed by atoms with E-state index in [0.29, 0.717) is 0 Å². The van der Waals surface area contributed by atoms with Gasteiger partial charge in [0, 0.05) is 0 Å². The monoisotopic (exact) mass is 296 g/mol. The molecular weight excluding hydrogens is 288 g/mol. The molecule has 4 N–H and O–H groups in total. The number of ether oxygens (including phenoxy) is 4. The first-order valence-corrected chi connectivity index (χ1v) is 4.80. The summed E-state index contributed by atoms with van der Waals surface area (Å²) in [5.41, 5.74) is 0. The van der Waals surface area contributed by atoms with E-state index in [1.165, 1.54) is 0 Å². The second-order valence-electron chi connectivity index (χ2n) is 3.39. The van der Waals surface area contributed by atoms with Gasteiger partial charge in [-0.15, -0.1) is 0 Å². The molecule has 112 valence electrons. The van der Waals surface area contributed by atoms with Crippen molar-refractivity contribution < 1.29 is 58.6 Å². The molecule has 0 aromatic carbocycles. The van der Waals surface area contributed by atoms with Crippen molar-refractivity contribution in [2.45, 2.75) is 24.4 Å². The fraction of sp³-hybridized carbons (Fsp3) is 0.500. The molecule has 0 aromatic heterocycles.